The molecule has 0 saturated carbocycles. The maximum Gasteiger partial charge on any atom is 0.455 e. The molecule has 0 radical (unpaired) electrons. The highest BCUT2D eigenvalue weighted by atomic mass is 19.4. The molecule has 11 heteroatoms. The summed E-state index contributed by atoms with van der Waals surface area (Å²) in [4.78, 5) is 0. The molecule has 1 rings (SSSR count). The first-order valence-electron chi connectivity index (χ1n) is 3.30. The molecule has 0 N–H and O–H groups in total. The van der Waals surface area contributed by atoms with Gasteiger partial charge in [0.1, 0.15) is 0 Å². The van der Waals surface area contributed by atoms with Crippen LogP contribution in [0.2, 0.25) is 0 Å². The molecule has 0 amide bonds. The van der Waals surface area contributed by atoms with Crippen LogP contribution in [0, 0.1) is 0 Å². The van der Waals surface area contributed by atoms with E-state index in [1.54, 1.807) is 0 Å². The molecule has 1 nitrogen and oxygen atoms in total. The highest BCUT2D eigenvalue weighted by Gasteiger charge is 2.95. The minimum absolute atomic E-state index is 1.91. The van der Waals surface area contributed by atoms with Crippen molar-refractivity contribution in [3.63, 3.8) is 0 Å². The molecule has 0 spiro atoms. The summed E-state index contributed by atoms with van der Waals surface area (Å²) < 4.78 is 123. The minimum Gasteiger partial charge on any atom is -0.264 e. The predicted octanol–water partition coefficient (Wildman–Crippen LogP) is 3.11. The topological polar surface area (TPSA) is 9.23 Å². The zero-order valence-electron chi connectivity index (χ0n) is 6.69. The quantitative estimate of drug-likeness (QED) is 0.612. The number of rotatable bonds is 0. The summed E-state index contributed by atoms with van der Waals surface area (Å²) in [5.74, 6) is -19.8. The lowest BCUT2D eigenvalue weighted by atomic mass is 10.1. The van der Waals surface area contributed by atoms with Gasteiger partial charge in [0.05, 0.1) is 0 Å². The van der Waals surface area contributed by atoms with Crippen LogP contribution in [0.15, 0.2) is 0 Å². The smallest absolute Gasteiger partial charge is 0.264 e. The van der Waals surface area contributed by atoms with E-state index in [0.717, 1.165) is 0 Å². The van der Waals surface area contributed by atoms with Crippen molar-refractivity contribution >= 4 is 0 Å². The van der Waals surface area contributed by atoms with Crippen molar-refractivity contribution < 1.29 is 48.6 Å². The maximum atomic E-state index is 12.5. The monoisotopic (exact) mass is 266 g/mol. The number of ether oxygens (including phenoxy) is 1. The first-order chi connectivity index (χ1) is 6.71. The average molecular weight is 266 g/mol. The van der Waals surface area contributed by atoms with Crippen molar-refractivity contribution in [2.75, 3.05) is 0 Å². The molecule has 1 saturated heterocycles. The summed E-state index contributed by atoms with van der Waals surface area (Å²) >= 11 is 0. The van der Waals surface area contributed by atoms with Crippen molar-refractivity contribution in [3.05, 3.63) is 0 Å². The second kappa shape index (κ2) is 2.74. The maximum absolute atomic E-state index is 12.5. The molecule has 0 aromatic carbocycles. The standard InChI is InChI=1S/C5F10O/c6-1(7)2(8,9)5(14,15)16-3(1,10)4(11,12)13/t3-/m1/s1. The van der Waals surface area contributed by atoms with Crippen LogP contribution in [0.5, 0.6) is 0 Å². The first kappa shape index (κ1) is 13.3. The van der Waals surface area contributed by atoms with Gasteiger partial charge in [0.15, 0.2) is 0 Å². The summed E-state index contributed by atoms with van der Waals surface area (Å²) in [6.45, 7) is 0. The van der Waals surface area contributed by atoms with E-state index in [9.17, 15) is 43.9 Å². The fourth-order valence-electron chi connectivity index (χ4n) is 0.925. The molecule has 1 aliphatic heterocycles. The van der Waals surface area contributed by atoms with Gasteiger partial charge in [0.25, 0.3) is 0 Å². The third-order valence-corrected chi connectivity index (χ3v) is 1.80. The van der Waals surface area contributed by atoms with Crippen LogP contribution in [0.3, 0.4) is 0 Å². The molecule has 0 bridgehead atoms. The lowest BCUT2D eigenvalue weighted by molar-refractivity contribution is -0.406. The summed E-state index contributed by atoms with van der Waals surface area (Å²) in [5.41, 5.74) is 0. The molecule has 0 aromatic heterocycles. The van der Waals surface area contributed by atoms with E-state index < -0.39 is 30.0 Å². The number of hydrogen-bond acceptors (Lipinski definition) is 1. The molecule has 1 heterocycles. The van der Waals surface area contributed by atoms with Crippen LogP contribution in [0.4, 0.5) is 43.9 Å². The summed E-state index contributed by atoms with van der Waals surface area (Å²) in [6.07, 6.45) is -13.0. The number of alkyl halides is 10. The van der Waals surface area contributed by atoms with Gasteiger partial charge in [-0.3, -0.25) is 4.74 Å². The zero-order valence-corrected chi connectivity index (χ0v) is 6.69. The predicted molar refractivity (Wildman–Crippen MR) is 25.8 cm³/mol. The van der Waals surface area contributed by atoms with Gasteiger partial charge in [-0.15, -0.1) is 0 Å². The molecule has 1 aliphatic rings. The van der Waals surface area contributed by atoms with E-state index in [4.69, 9.17) is 0 Å². The van der Waals surface area contributed by atoms with Crippen molar-refractivity contribution in [1.29, 1.82) is 0 Å². The van der Waals surface area contributed by atoms with Gasteiger partial charge in [-0.25, -0.2) is 0 Å². The second-order valence-electron chi connectivity index (χ2n) is 2.86. The third kappa shape index (κ3) is 1.17. The molecule has 16 heavy (non-hydrogen) atoms. The van der Waals surface area contributed by atoms with Gasteiger partial charge >= 0.3 is 30.0 Å². The van der Waals surface area contributed by atoms with Crippen LogP contribution < -0.4 is 0 Å². The molecule has 0 unspecified atom stereocenters. The Hall–Kier alpha value is -0.740. The Balaban J connectivity index is 3.41. The molecule has 96 valence electrons. The van der Waals surface area contributed by atoms with Gasteiger partial charge in [0.2, 0.25) is 0 Å². The molecular formula is C5F10O. The average Bonchev–Trinajstić information content (AvgIpc) is 2.07. The highest BCUT2D eigenvalue weighted by Crippen LogP contribution is 2.64. The fourth-order valence-corrected chi connectivity index (χ4v) is 0.925. The lowest BCUT2D eigenvalue weighted by Crippen LogP contribution is -2.58. The summed E-state index contributed by atoms with van der Waals surface area (Å²) in [7, 11) is 0. The van der Waals surface area contributed by atoms with Crippen LogP contribution in [-0.2, 0) is 4.74 Å². The van der Waals surface area contributed by atoms with Crippen LogP contribution in [0.25, 0.3) is 0 Å². The minimum atomic E-state index is -6.74. The van der Waals surface area contributed by atoms with Crippen LogP contribution >= 0.6 is 0 Å². The highest BCUT2D eigenvalue weighted by molar-refractivity contribution is 5.10. The van der Waals surface area contributed by atoms with Gasteiger partial charge < -0.3 is 0 Å². The Morgan fingerprint density at radius 1 is 0.688 bits per heavy atom. The van der Waals surface area contributed by atoms with Gasteiger partial charge in [-0.2, -0.15) is 43.9 Å². The van der Waals surface area contributed by atoms with E-state index in [1.165, 1.54) is 0 Å². The van der Waals surface area contributed by atoms with Crippen molar-refractivity contribution in [2.45, 2.75) is 30.0 Å². The van der Waals surface area contributed by atoms with Crippen molar-refractivity contribution in [2.24, 2.45) is 0 Å². The second-order valence-corrected chi connectivity index (χ2v) is 2.86. The van der Waals surface area contributed by atoms with Crippen LogP contribution in [0.1, 0.15) is 0 Å². The summed E-state index contributed by atoms with van der Waals surface area (Å²) in [5, 5.41) is 0. The Labute approximate surface area is 80.0 Å². The van der Waals surface area contributed by atoms with E-state index >= 15 is 0 Å². The first-order valence-corrected chi connectivity index (χ1v) is 3.30. The van der Waals surface area contributed by atoms with E-state index in [0.29, 0.717) is 0 Å². The third-order valence-electron chi connectivity index (χ3n) is 1.80. The molecule has 0 aliphatic carbocycles. The van der Waals surface area contributed by atoms with Crippen LogP contribution in [-0.4, -0.2) is 30.0 Å². The van der Waals surface area contributed by atoms with E-state index in [2.05, 4.69) is 0 Å². The Morgan fingerprint density at radius 3 is 1.19 bits per heavy atom. The van der Waals surface area contributed by atoms with E-state index in [1.807, 2.05) is 4.74 Å². The Morgan fingerprint density at radius 2 is 1.06 bits per heavy atom. The molecular weight excluding hydrogens is 266 g/mol. The molecule has 1 fully saturated rings. The number of halogens is 10. The SMILES string of the molecule is FC1(F)O[C@@](F)(C(F)(F)F)C(F)(F)C1(F)F. The normalized spacial score (nSPS) is 36.4. The van der Waals surface area contributed by atoms with Gasteiger partial charge in [0, 0.05) is 0 Å². The summed E-state index contributed by atoms with van der Waals surface area (Å²) in [6, 6.07) is 0. The number of hydrogen-bond donors (Lipinski definition) is 0. The fraction of sp³-hybridized carbons (Fsp3) is 1.00. The van der Waals surface area contributed by atoms with Gasteiger partial charge in [-0.05, 0) is 0 Å². The van der Waals surface area contributed by atoms with E-state index in [-0.39, 0.29) is 0 Å². The van der Waals surface area contributed by atoms with Crippen molar-refractivity contribution in [3.8, 4) is 0 Å². The Kier molecular flexibility index (Phi) is 2.28. The zero-order chi connectivity index (χ0) is 13.2. The largest absolute Gasteiger partial charge is 0.455 e. The molecule has 0 aromatic rings. The van der Waals surface area contributed by atoms with Gasteiger partial charge in [-0.1, -0.05) is 0 Å². The Bertz CT molecular complexity index is 305. The lowest BCUT2D eigenvalue weighted by Gasteiger charge is -2.27. The molecule has 1 atom stereocenters. The van der Waals surface area contributed by atoms with Crippen molar-refractivity contribution in [1.82, 2.24) is 0 Å².